The molecule has 3 heterocycles. The molecule has 12 heteroatoms. The molecule has 1 aromatic carbocycles. The minimum absolute atomic E-state index is 0.00538. The number of epoxide rings is 1. The normalized spacial score (nSPS) is 33.6. The Morgan fingerprint density at radius 3 is 2.62 bits per heavy atom. The minimum atomic E-state index is -1.76. The maximum atomic E-state index is 13.6. The van der Waals surface area contributed by atoms with Crippen LogP contribution in [0.15, 0.2) is 35.9 Å². The summed E-state index contributed by atoms with van der Waals surface area (Å²) in [5.41, 5.74) is -0.570. The molecule has 0 saturated carbocycles. The lowest BCUT2D eigenvalue weighted by Gasteiger charge is -2.42. The number of fused-ring (bicyclic) bond motifs is 5. The number of hydrogen-bond acceptors (Lipinski definition) is 9. The van der Waals surface area contributed by atoms with E-state index in [1.807, 2.05) is 26.0 Å². The van der Waals surface area contributed by atoms with Crippen LogP contribution in [0.2, 0.25) is 5.02 Å². The number of anilines is 1. The Morgan fingerprint density at radius 1 is 1.26 bits per heavy atom. The molecule has 4 bridgehead atoms. The van der Waals surface area contributed by atoms with Gasteiger partial charge in [0.25, 0.3) is 0 Å². The number of alkyl carbamates (subject to hydrolysis) is 1. The number of rotatable bonds is 3. The maximum absolute atomic E-state index is 13.6. The molecule has 42 heavy (non-hydrogen) atoms. The molecule has 1 aromatic rings. The van der Waals surface area contributed by atoms with Crippen molar-refractivity contribution in [3.05, 3.63) is 46.5 Å². The first-order valence-corrected chi connectivity index (χ1v) is 14.2. The highest BCUT2D eigenvalue weighted by Gasteiger charge is 2.64. The summed E-state index contributed by atoms with van der Waals surface area (Å²) in [4.78, 5) is 39.7. The molecule has 11 nitrogen and oxygen atoms in total. The summed E-state index contributed by atoms with van der Waals surface area (Å²) >= 11 is 6.64. The van der Waals surface area contributed by atoms with Crippen LogP contribution in [-0.4, -0.2) is 80.1 Å². The van der Waals surface area contributed by atoms with Gasteiger partial charge in [0, 0.05) is 33.4 Å². The average molecular weight is 607 g/mol. The number of benzene rings is 1. The van der Waals surface area contributed by atoms with Gasteiger partial charge in [0.15, 0.2) is 5.72 Å². The number of allylic oxidation sites excluding steroid dienone is 3. The number of aliphatic hydroxyl groups is 1. The SMILES string of the molecule is COc1cc2cc(c1Cl)N(C)C(=O)C[C@H](OC(C)=O)[C@]1(C)O[C@H]1[C@H](C)[C@@H]1C[C@@](O)(NC(=O)O1)[C@H](OC)C=CC=C(C)C2. The fourth-order valence-electron chi connectivity index (χ4n) is 5.81. The summed E-state index contributed by atoms with van der Waals surface area (Å²) in [6.45, 7) is 6.77. The molecule has 0 spiro atoms. The van der Waals surface area contributed by atoms with E-state index in [0.29, 0.717) is 17.9 Å². The van der Waals surface area contributed by atoms with Gasteiger partial charge >= 0.3 is 12.1 Å². The molecule has 2 fully saturated rings. The van der Waals surface area contributed by atoms with Crippen LogP contribution in [-0.2, 0) is 35.0 Å². The minimum Gasteiger partial charge on any atom is -0.495 e. The van der Waals surface area contributed by atoms with Gasteiger partial charge in [-0.1, -0.05) is 42.3 Å². The van der Waals surface area contributed by atoms with Gasteiger partial charge in [0.05, 0.1) is 25.3 Å². The van der Waals surface area contributed by atoms with Crippen LogP contribution in [0.4, 0.5) is 10.5 Å². The van der Waals surface area contributed by atoms with Crippen molar-refractivity contribution in [2.75, 3.05) is 26.2 Å². The largest absolute Gasteiger partial charge is 0.495 e. The van der Waals surface area contributed by atoms with Gasteiger partial charge in [-0.2, -0.15) is 0 Å². The van der Waals surface area contributed by atoms with Crippen molar-refractivity contribution in [3.8, 4) is 5.75 Å². The Morgan fingerprint density at radius 2 is 1.98 bits per heavy atom. The first kappa shape index (κ1) is 31.8. The lowest BCUT2D eigenvalue weighted by Crippen LogP contribution is -2.63. The van der Waals surface area contributed by atoms with Gasteiger partial charge in [-0.3, -0.25) is 14.9 Å². The molecule has 2 saturated heterocycles. The van der Waals surface area contributed by atoms with Crippen LogP contribution >= 0.6 is 11.6 Å². The molecule has 2 amide bonds. The second kappa shape index (κ2) is 12.2. The smallest absolute Gasteiger partial charge is 0.409 e. The maximum Gasteiger partial charge on any atom is 0.409 e. The molecule has 7 atom stereocenters. The molecular weight excluding hydrogens is 568 g/mol. The van der Waals surface area contributed by atoms with Gasteiger partial charge < -0.3 is 33.7 Å². The van der Waals surface area contributed by atoms with Crippen LogP contribution in [0.3, 0.4) is 0 Å². The molecule has 0 radical (unpaired) electrons. The van der Waals surface area contributed by atoms with E-state index in [1.54, 1.807) is 32.2 Å². The molecule has 0 unspecified atom stereocenters. The summed E-state index contributed by atoms with van der Waals surface area (Å²) in [7, 11) is 4.54. The zero-order valence-corrected chi connectivity index (χ0v) is 25.7. The van der Waals surface area contributed by atoms with E-state index < -0.39 is 53.7 Å². The van der Waals surface area contributed by atoms with Crippen LogP contribution in [0, 0.1) is 5.92 Å². The van der Waals surface area contributed by atoms with Gasteiger partial charge in [-0.25, -0.2) is 4.79 Å². The Bertz CT molecular complexity index is 1300. The Labute approximate surface area is 250 Å². The van der Waals surface area contributed by atoms with Crippen molar-refractivity contribution >= 4 is 35.3 Å². The monoisotopic (exact) mass is 606 g/mol. The average Bonchev–Trinajstić information content (AvgIpc) is 3.61. The number of nitrogens with one attached hydrogen (secondary N) is 1. The number of nitrogens with zero attached hydrogens (tertiary/aromatic N) is 1. The van der Waals surface area contributed by atoms with Gasteiger partial charge in [0.2, 0.25) is 5.91 Å². The molecule has 3 aliphatic rings. The lowest BCUT2D eigenvalue weighted by atomic mass is 9.83. The third-order valence-electron chi connectivity index (χ3n) is 8.26. The molecule has 0 aromatic heterocycles. The van der Waals surface area contributed by atoms with Crippen LogP contribution < -0.4 is 15.0 Å². The van der Waals surface area contributed by atoms with Crippen molar-refractivity contribution in [2.24, 2.45) is 5.92 Å². The zero-order chi connectivity index (χ0) is 31.0. The van der Waals surface area contributed by atoms with Crippen molar-refractivity contribution in [2.45, 2.75) is 82.7 Å². The summed E-state index contributed by atoms with van der Waals surface area (Å²) in [6, 6.07) is 3.62. The summed E-state index contributed by atoms with van der Waals surface area (Å²) in [6.07, 6.45) is 1.67. The highest BCUT2D eigenvalue weighted by molar-refractivity contribution is 6.35. The third-order valence-corrected chi connectivity index (χ3v) is 8.64. The van der Waals surface area contributed by atoms with Gasteiger partial charge in [0.1, 0.15) is 34.7 Å². The summed E-state index contributed by atoms with van der Waals surface area (Å²) < 4.78 is 28.4. The quantitative estimate of drug-likeness (QED) is 0.390. The number of esters is 1. The number of ether oxygens (including phenoxy) is 5. The highest BCUT2D eigenvalue weighted by Crippen LogP contribution is 2.49. The standard InChI is InChI=1S/C30H39ClN2O9/c1-16-9-8-10-23(39-7)30(37)15-22(41-28(36)32-30)17(2)27-29(4,42-27)24(40-18(3)34)14-25(35)33(5)20-12-19(11-16)13-21(38-6)26(20)31/h8-10,12-13,17,22-24,27,37H,11,14-15H2,1-7H3,(H,32,36)/t17-,22+,23-,24+,27+,29+,30+/m1/s1. The molecule has 2 N–H and O–H groups in total. The fourth-order valence-corrected chi connectivity index (χ4v) is 6.12. The second-order valence-corrected chi connectivity index (χ2v) is 11.8. The van der Waals surface area contributed by atoms with Crippen molar-refractivity contribution in [1.82, 2.24) is 5.32 Å². The topological polar surface area (TPSA) is 136 Å². The molecular formula is C30H39ClN2O9. The summed E-state index contributed by atoms with van der Waals surface area (Å²) in [5, 5.41) is 14.3. The number of carbonyl (C=O) groups excluding carboxylic acids is 3. The van der Waals surface area contributed by atoms with E-state index in [0.717, 1.165) is 11.1 Å². The fraction of sp³-hybridized carbons (Fsp3) is 0.567. The Balaban J connectivity index is 1.79. The summed E-state index contributed by atoms with van der Waals surface area (Å²) in [5.74, 6) is -0.951. The number of halogens is 1. The number of carbonyl (C=O) groups is 3. The Kier molecular flexibility index (Phi) is 9.27. The molecule has 230 valence electrons. The zero-order valence-electron chi connectivity index (χ0n) is 24.9. The number of hydrogen-bond donors (Lipinski definition) is 2. The van der Waals surface area contributed by atoms with Crippen LogP contribution in [0.1, 0.15) is 46.1 Å². The predicted octanol–water partition coefficient (Wildman–Crippen LogP) is 3.69. The second-order valence-electron chi connectivity index (χ2n) is 11.4. The first-order chi connectivity index (χ1) is 19.7. The third kappa shape index (κ3) is 6.44. The van der Waals surface area contributed by atoms with E-state index >= 15 is 0 Å². The van der Waals surface area contributed by atoms with E-state index in [2.05, 4.69) is 5.32 Å². The van der Waals surface area contributed by atoms with E-state index in [-0.39, 0.29) is 23.8 Å². The molecule has 0 aliphatic carbocycles. The van der Waals surface area contributed by atoms with E-state index in [4.69, 9.17) is 35.3 Å². The van der Waals surface area contributed by atoms with E-state index in [1.165, 1.54) is 26.0 Å². The van der Waals surface area contributed by atoms with E-state index in [9.17, 15) is 19.5 Å². The van der Waals surface area contributed by atoms with Gasteiger partial charge in [-0.15, -0.1) is 0 Å². The van der Waals surface area contributed by atoms with Crippen LogP contribution in [0.25, 0.3) is 0 Å². The van der Waals surface area contributed by atoms with Crippen molar-refractivity contribution in [1.29, 1.82) is 0 Å². The number of methoxy groups -OCH3 is 2. The number of amides is 2. The van der Waals surface area contributed by atoms with Crippen molar-refractivity contribution < 1.29 is 43.2 Å². The van der Waals surface area contributed by atoms with Crippen LogP contribution in [0.5, 0.6) is 5.75 Å². The Hall–Kier alpha value is -3.12. The highest BCUT2D eigenvalue weighted by atomic mass is 35.5. The first-order valence-electron chi connectivity index (χ1n) is 13.8. The predicted molar refractivity (Wildman–Crippen MR) is 154 cm³/mol. The van der Waals surface area contributed by atoms with Crippen molar-refractivity contribution in [3.63, 3.8) is 0 Å². The van der Waals surface area contributed by atoms with Gasteiger partial charge in [-0.05, 0) is 38.0 Å². The molecule has 3 aliphatic heterocycles. The lowest BCUT2D eigenvalue weighted by molar-refractivity contribution is -0.151. The molecule has 4 rings (SSSR count).